The van der Waals surface area contributed by atoms with Gasteiger partial charge in [0.2, 0.25) is 0 Å². The van der Waals surface area contributed by atoms with Crippen molar-refractivity contribution in [2.24, 2.45) is 0 Å². The highest BCUT2D eigenvalue weighted by atomic mass is 19.1. The van der Waals surface area contributed by atoms with Crippen LogP contribution in [-0.4, -0.2) is 31.1 Å². The molecule has 4 nitrogen and oxygen atoms in total. The Morgan fingerprint density at radius 1 is 1.40 bits per heavy atom. The van der Waals surface area contributed by atoms with Crippen LogP contribution in [0.25, 0.3) is 0 Å². The minimum Gasteiger partial charge on any atom is -0.465 e. The summed E-state index contributed by atoms with van der Waals surface area (Å²) in [6, 6.07) is 2.42. The molecule has 0 aromatic heterocycles. The lowest BCUT2D eigenvalue weighted by Gasteiger charge is -2.10. The Bertz CT molecular complexity index is 343. The fourth-order valence-corrected chi connectivity index (χ4v) is 1.18. The van der Waals surface area contributed by atoms with Crippen molar-refractivity contribution in [3.63, 3.8) is 0 Å². The summed E-state index contributed by atoms with van der Waals surface area (Å²) < 4.78 is 22.8. The van der Waals surface area contributed by atoms with Gasteiger partial charge in [-0.2, -0.15) is 0 Å². The average Bonchev–Trinajstić information content (AvgIpc) is 2.16. The Hall–Kier alpha value is -1.11. The quantitative estimate of drug-likeness (QED) is 0.538. The molecule has 0 aliphatic heterocycles. The minimum atomic E-state index is -1.64. The third-order valence-electron chi connectivity index (χ3n) is 1.93. The standard InChI is InChI=1S/C9H12BFO4/c1-6-3-8(11)9(15-5-14-2)4-7(6)10(12)13/h3-4,12-13H,5H2,1-2H3. The molecule has 1 aromatic rings. The van der Waals surface area contributed by atoms with Crippen LogP contribution in [0.1, 0.15) is 5.56 Å². The lowest BCUT2D eigenvalue weighted by Crippen LogP contribution is -2.32. The van der Waals surface area contributed by atoms with E-state index >= 15 is 0 Å². The van der Waals surface area contributed by atoms with Crippen molar-refractivity contribution in [2.75, 3.05) is 13.9 Å². The van der Waals surface area contributed by atoms with Crippen LogP contribution in [-0.2, 0) is 4.74 Å². The van der Waals surface area contributed by atoms with Gasteiger partial charge in [-0.3, -0.25) is 0 Å². The fourth-order valence-electron chi connectivity index (χ4n) is 1.18. The van der Waals surface area contributed by atoms with Crippen molar-refractivity contribution >= 4 is 12.6 Å². The van der Waals surface area contributed by atoms with E-state index in [1.165, 1.54) is 19.2 Å². The number of aryl methyl sites for hydroxylation is 1. The van der Waals surface area contributed by atoms with Crippen LogP contribution in [0.15, 0.2) is 12.1 Å². The van der Waals surface area contributed by atoms with Crippen molar-refractivity contribution < 1.29 is 23.9 Å². The van der Waals surface area contributed by atoms with Crippen LogP contribution in [0.2, 0.25) is 0 Å². The molecule has 2 N–H and O–H groups in total. The molecule has 0 amide bonds. The molecular weight excluding hydrogens is 202 g/mol. The highest BCUT2D eigenvalue weighted by molar-refractivity contribution is 6.59. The number of hydrogen-bond acceptors (Lipinski definition) is 4. The van der Waals surface area contributed by atoms with E-state index in [0.717, 1.165) is 0 Å². The van der Waals surface area contributed by atoms with Crippen LogP contribution in [0.3, 0.4) is 0 Å². The summed E-state index contributed by atoms with van der Waals surface area (Å²) in [5.41, 5.74) is 0.662. The van der Waals surface area contributed by atoms with Crippen LogP contribution in [0.5, 0.6) is 5.75 Å². The first-order chi connectivity index (χ1) is 7.06. The third kappa shape index (κ3) is 2.92. The summed E-state index contributed by atoms with van der Waals surface area (Å²) in [6.45, 7) is 1.49. The normalized spacial score (nSPS) is 10.2. The van der Waals surface area contributed by atoms with Crippen LogP contribution in [0, 0.1) is 12.7 Å². The number of methoxy groups -OCH3 is 1. The second kappa shape index (κ2) is 5.11. The van der Waals surface area contributed by atoms with Crippen molar-refractivity contribution in [3.8, 4) is 5.75 Å². The van der Waals surface area contributed by atoms with Gasteiger partial charge in [0, 0.05) is 7.11 Å². The van der Waals surface area contributed by atoms with Crippen molar-refractivity contribution in [1.29, 1.82) is 0 Å². The zero-order valence-corrected chi connectivity index (χ0v) is 8.53. The second-order valence-electron chi connectivity index (χ2n) is 3.06. The van der Waals surface area contributed by atoms with E-state index in [0.29, 0.717) is 5.56 Å². The van der Waals surface area contributed by atoms with Crippen LogP contribution < -0.4 is 10.2 Å². The minimum absolute atomic E-state index is 0.0643. The zero-order chi connectivity index (χ0) is 11.4. The Morgan fingerprint density at radius 3 is 2.60 bits per heavy atom. The van der Waals surface area contributed by atoms with Gasteiger partial charge in [0.05, 0.1) is 0 Å². The van der Waals surface area contributed by atoms with Crippen molar-refractivity contribution in [3.05, 3.63) is 23.5 Å². The molecular formula is C9H12BFO4. The summed E-state index contributed by atoms with van der Waals surface area (Å²) in [7, 11) is -0.232. The van der Waals surface area contributed by atoms with Gasteiger partial charge in [-0.25, -0.2) is 4.39 Å². The molecule has 0 saturated heterocycles. The van der Waals surface area contributed by atoms with E-state index in [-0.39, 0.29) is 18.0 Å². The first-order valence-corrected chi connectivity index (χ1v) is 4.34. The maximum Gasteiger partial charge on any atom is 0.488 e. The Labute approximate surface area is 87.4 Å². The largest absolute Gasteiger partial charge is 0.488 e. The molecule has 0 bridgehead atoms. The highest BCUT2D eigenvalue weighted by Crippen LogP contribution is 2.16. The van der Waals surface area contributed by atoms with Gasteiger partial charge in [-0.05, 0) is 30.1 Å². The monoisotopic (exact) mass is 214 g/mol. The SMILES string of the molecule is COCOc1cc(B(O)O)c(C)cc1F. The number of benzene rings is 1. The topological polar surface area (TPSA) is 58.9 Å². The molecule has 82 valence electrons. The summed E-state index contributed by atoms with van der Waals surface area (Å²) in [5.74, 6) is -0.625. The maximum atomic E-state index is 13.3. The first-order valence-electron chi connectivity index (χ1n) is 4.34. The van der Waals surface area contributed by atoms with Crippen molar-refractivity contribution in [1.82, 2.24) is 0 Å². The predicted molar refractivity (Wildman–Crippen MR) is 53.5 cm³/mol. The third-order valence-corrected chi connectivity index (χ3v) is 1.93. The average molecular weight is 214 g/mol. The van der Waals surface area contributed by atoms with Gasteiger partial charge in [0.15, 0.2) is 18.4 Å². The van der Waals surface area contributed by atoms with Gasteiger partial charge in [0.25, 0.3) is 0 Å². The Kier molecular flexibility index (Phi) is 4.08. The number of hydrogen-bond donors (Lipinski definition) is 2. The van der Waals surface area contributed by atoms with Gasteiger partial charge in [-0.15, -0.1) is 0 Å². The molecule has 0 radical (unpaired) electrons. The lowest BCUT2D eigenvalue weighted by molar-refractivity contribution is 0.0483. The van der Waals surface area contributed by atoms with Gasteiger partial charge < -0.3 is 19.5 Å². The van der Waals surface area contributed by atoms with Gasteiger partial charge in [-0.1, -0.05) is 0 Å². The van der Waals surface area contributed by atoms with Crippen molar-refractivity contribution in [2.45, 2.75) is 6.92 Å². The molecule has 0 heterocycles. The van der Waals surface area contributed by atoms with E-state index in [4.69, 9.17) is 14.8 Å². The molecule has 0 saturated carbocycles. The number of rotatable bonds is 4. The van der Waals surface area contributed by atoms with E-state index in [2.05, 4.69) is 4.74 Å². The van der Waals surface area contributed by atoms with E-state index in [1.807, 2.05) is 0 Å². The molecule has 0 aliphatic carbocycles. The second-order valence-corrected chi connectivity index (χ2v) is 3.06. The summed E-state index contributed by atoms with van der Waals surface area (Å²) in [6.07, 6.45) is 0. The van der Waals surface area contributed by atoms with Gasteiger partial charge >= 0.3 is 7.12 Å². The smallest absolute Gasteiger partial charge is 0.465 e. The van der Waals surface area contributed by atoms with Crippen LogP contribution in [0.4, 0.5) is 4.39 Å². The summed E-state index contributed by atoms with van der Waals surface area (Å²) >= 11 is 0. The molecule has 0 spiro atoms. The predicted octanol–water partition coefficient (Wildman–Crippen LogP) is -0.203. The van der Waals surface area contributed by atoms with Crippen LogP contribution >= 0.6 is 0 Å². The molecule has 6 heteroatoms. The summed E-state index contributed by atoms with van der Waals surface area (Å²) in [4.78, 5) is 0. The van der Waals surface area contributed by atoms with E-state index in [1.54, 1.807) is 6.92 Å². The van der Waals surface area contributed by atoms with Gasteiger partial charge in [0.1, 0.15) is 0 Å². The lowest BCUT2D eigenvalue weighted by atomic mass is 9.77. The molecule has 0 fully saturated rings. The molecule has 0 unspecified atom stereocenters. The molecule has 1 rings (SSSR count). The number of ether oxygens (including phenoxy) is 2. The van der Waals surface area contributed by atoms with E-state index in [9.17, 15) is 4.39 Å². The fraction of sp³-hybridized carbons (Fsp3) is 0.333. The zero-order valence-electron chi connectivity index (χ0n) is 8.53. The highest BCUT2D eigenvalue weighted by Gasteiger charge is 2.17. The molecule has 1 aromatic carbocycles. The van der Waals surface area contributed by atoms with E-state index < -0.39 is 12.9 Å². The number of halogens is 1. The first kappa shape index (κ1) is 12.0. The molecule has 0 aliphatic rings. The Balaban J connectivity index is 3.00. The molecule has 15 heavy (non-hydrogen) atoms. The maximum absolute atomic E-state index is 13.3. The molecule has 0 atom stereocenters. The summed E-state index contributed by atoms with van der Waals surface area (Å²) in [5, 5.41) is 18.0. The Morgan fingerprint density at radius 2 is 2.07 bits per heavy atom.